The number of guanidine groups is 1. The molecular weight excluding hydrogens is 156 g/mol. The summed E-state index contributed by atoms with van der Waals surface area (Å²) in [6.07, 6.45) is 0.865. The average molecular weight is 170 g/mol. The molecule has 0 fully saturated rings. The van der Waals surface area contributed by atoms with E-state index in [0.29, 0.717) is 19.0 Å². The van der Waals surface area contributed by atoms with E-state index in [2.05, 4.69) is 15.6 Å². The number of hydrogen-bond donors (Lipinski definition) is 3. The molecule has 0 bridgehead atoms. The van der Waals surface area contributed by atoms with E-state index in [-0.39, 0.29) is 11.9 Å². The van der Waals surface area contributed by atoms with Gasteiger partial charge in [-0.3, -0.25) is 9.79 Å². The molecule has 1 aliphatic rings. The molecule has 0 aromatic carbocycles. The Morgan fingerprint density at radius 2 is 2.67 bits per heavy atom. The molecule has 1 heterocycles. The van der Waals surface area contributed by atoms with Gasteiger partial charge in [-0.15, -0.1) is 0 Å². The fourth-order valence-corrected chi connectivity index (χ4v) is 1.09. The molecule has 0 aromatic rings. The van der Waals surface area contributed by atoms with Crippen LogP contribution in [-0.2, 0) is 4.79 Å². The van der Waals surface area contributed by atoms with Crippen LogP contribution < -0.4 is 16.4 Å². The maximum Gasteiger partial charge on any atom is 0.216 e. The molecule has 1 rings (SSSR count). The number of nitrogens with two attached hydrogens (primary N) is 1. The smallest absolute Gasteiger partial charge is 0.216 e. The van der Waals surface area contributed by atoms with E-state index in [4.69, 9.17) is 5.73 Å². The predicted octanol–water partition coefficient (Wildman–Crippen LogP) is -1.20. The van der Waals surface area contributed by atoms with Gasteiger partial charge in [-0.1, -0.05) is 0 Å². The van der Waals surface area contributed by atoms with Crippen LogP contribution in [0.2, 0.25) is 0 Å². The van der Waals surface area contributed by atoms with E-state index in [0.717, 1.165) is 6.42 Å². The van der Waals surface area contributed by atoms with Crippen molar-refractivity contribution in [3.05, 3.63) is 0 Å². The molecule has 5 heteroatoms. The first-order valence-electron chi connectivity index (χ1n) is 3.99. The lowest BCUT2D eigenvalue weighted by atomic mass is 10.2. The molecule has 1 aliphatic heterocycles. The Kier molecular flexibility index (Phi) is 2.90. The number of nitrogens with one attached hydrogen (secondary N) is 2. The fourth-order valence-electron chi connectivity index (χ4n) is 1.09. The SMILES string of the molecule is CC(=O)NCC[C@@H]1CN=C(N)N1. The maximum atomic E-state index is 10.5. The van der Waals surface area contributed by atoms with Gasteiger partial charge in [0, 0.05) is 13.5 Å². The first kappa shape index (κ1) is 8.83. The van der Waals surface area contributed by atoms with Crippen LogP contribution in [0.1, 0.15) is 13.3 Å². The lowest BCUT2D eigenvalue weighted by Gasteiger charge is -2.09. The van der Waals surface area contributed by atoms with Crippen LogP contribution in [0.4, 0.5) is 0 Å². The van der Waals surface area contributed by atoms with E-state index >= 15 is 0 Å². The molecule has 1 amide bonds. The normalized spacial score (nSPS) is 21.4. The molecular formula is C7H14N4O. The van der Waals surface area contributed by atoms with Gasteiger partial charge in [0.1, 0.15) is 0 Å². The van der Waals surface area contributed by atoms with Crippen LogP contribution >= 0.6 is 0 Å². The zero-order chi connectivity index (χ0) is 8.97. The van der Waals surface area contributed by atoms with Gasteiger partial charge in [0.05, 0.1) is 12.6 Å². The first-order valence-corrected chi connectivity index (χ1v) is 3.99. The van der Waals surface area contributed by atoms with Gasteiger partial charge in [0.2, 0.25) is 5.91 Å². The summed E-state index contributed by atoms with van der Waals surface area (Å²) in [5.41, 5.74) is 5.41. The predicted molar refractivity (Wildman–Crippen MR) is 46.7 cm³/mol. The van der Waals surface area contributed by atoms with Crippen molar-refractivity contribution in [3.63, 3.8) is 0 Å². The molecule has 4 N–H and O–H groups in total. The van der Waals surface area contributed by atoms with Crippen LogP contribution in [0.25, 0.3) is 0 Å². The summed E-state index contributed by atoms with van der Waals surface area (Å²) < 4.78 is 0. The number of amides is 1. The highest BCUT2D eigenvalue weighted by Crippen LogP contribution is 1.96. The Hall–Kier alpha value is -1.26. The molecule has 0 saturated heterocycles. The number of carbonyl (C=O) groups excluding carboxylic acids is 1. The largest absolute Gasteiger partial charge is 0.370 e. The third-order valence-electron chi connectivity index (χ3n) is 1.70. The summed E-state index contributed by atoms with van der Waals surface area (Å²) in [6, 6.07) is 0.289. The van der Waals surface area contributed by atoms with Crippen molar-refractivity contribution in [2.24, 2.45) is 10.7 Å². The van der Waals surface area contributed by atoms with Crippen molar-refractivity contribution in [2.75, 3.05) is 13.1 Å². The van der Waals surface area contributed by atoms with E-state index in [1.807, 2.05) is 0 Å². The van der Waals surface area contributed by atoms with Gasteiger partial charge in [0.25, 0.3) is 0 Å². The van der Waals surface area contributed by atoms with E-state index < -0.39 is 0 Å². The third kappa shape index (κ3) is 2.77. The molecule has 0 spiro atoms. The lowest BCUT2D eigenvalue weighted by molar-refractivity contribution is -0.118. The highest BCUT2D eigenvalue weighted by atomic mass is 16.1. The molecule has 0 radical (unpaired) electrons. The number of aliphatic imine (C=N–C) groups is 1. The van der Waals surface area contributed by atoms with Crippen LogP contribution in [0.3, 0.4) is 0 Å². The monoisotopic (exact) mass is 170 g/mol. The molecule has 0 aliphatic carbocycles. The second-order valence-electron chi connectivity index (χ2n) is 2.84. The van der Waals surface area contributed by atoms with Crippen molar-refractivity contribution < 1.29 is 4.79 Å². The molecule has 12 heavy (non-hydrogen) atoms. The maximum absolute atomic E-state index is 10.5. The molecule has 0 saturated carbocycles. The molecule has 68 valence electrons. The Balaban J connectivity index is 2.06. The number of nitrogens with zero attached hydrogens (tertiary/aromatic N) is 1. The highest BCUT2D eigenvalue weighted by molar-refractivity contribution is 5.79. The molecule has 1 atom stereocenters. The van der Waals surface area contributed by atoms with Gasteiger partial charge < -0.3 is 16.4 Å². The minimum absolute atomic E-state index is 0.00175. The molecule has 0 aromatic heterocycles. The zero-order valence-electron chi connectivity index (χ0n) is 7.13. The van der Waals surface area contributed by atoms with Crippen molar-refractivity contribution in [1.29, 1.82) is 0 Å². The van der Waals surface area contributed by atoms with Gasteiger partial charge in [0.15, 0.2) is 5.96 Å². The van der Waals surface area contributed by atoms with Crippen molar-refractivity contribution in [3.8, 4) is 0 Å². The quantitative estimate of drug-likeness (QED) is 0.497. The average Bonchev–Trinajstić information content (AvgIpc) is 2.35. The van der Waals surface area contributed by atoms with Gasteiger partial charge >= 0.3 is 0 Å². The van der Waals surface area contributed by atoms with Crippen LogP contribution in [0.5, 0.6) is 0 Å². The summed E-state index contributed by atoms with van der Waals surface area (Å²) >= 11 is 0. The van der Waals surface area contributed by atoms with E-state index in [9.17, 15) is 4.79 Å². The summed E-state index contributed by atoms with van der Waals surface area (Å²) in [5.74, 6) is 0.504. The summed E-state index contributed by atoms with van der Waals surface area (Å²) in [5, 5.41) is 5.72. The minimum Gasteiger partial charge on any atom is -0.370 e. The van der Waals surface area contributed by atoms with Gasteiger partial charge in [-0.05, 0) is 6.42 Å². The topological polar surface area (TPSA) is 79.5 Å². The molecule has 0 unspecified atom stereocenters. The summed E-state index contributed by atoms with van der Waals surface area (Å²) in [6.45, 7) is 2.90. The number of hydrogen-bond acceptors (Lipinski definition) is 4. The second-order valence-corrected chi connectivity index (χ2v) is 2.84. The van der Waals surface area contributed by atoms with E-state index in [1.165, 1.54) is 6.92 Å². The van der Waals surface area contributed by atoms with Crippen molar-refractivity contribution in [2.45, 2.75) is 19.4 Å². The fraction of sp³-hybridized carbons (Fsp3) is 0.714. The Bertz CT molecular complexity index is 202. The Morgan fingerprint density at radius 1 is 1.92 bits per heavy atom. The van der Waals surface area contributed by atoms with Gasteiger partial charge in [-0.2, -0.15) is 0 Å². The zero-order valence-corrected chi connectivity index (χ0v) is 7.13. The first-order chi connectivity index (χ1) is 5.68. The van der Waals surface area contributed by atoms with Crippen molar-refractivity contribution >= 4 is 11.9 Å². The van der Waals surface area contributed by atoms with Crippen LogP contribution in [-0.4, -0.2) is 31.0 Å². The van der Waals surface area contributed by atoms with Gasteiger partial charge in [-0.25, -0.2) is 0 Å². The third-order valence-corrected chi connectivity index (χ3v) is 1.70. The Labute approximate surface area is 71.4 Å². The lowest BCUT2D eigenvalue weighted by Crippen LogP contribution is -2.37. The van der Waals surface area contributed by atoms with Crippen LogP contribution in [0, 0.1) is 0 Å². The standard InChI is InChI=1S/C7H14N4O/c1-5(12)9-3-2-6-4-10-7(8)11-6/h6H,2-4H2,1H3,(H,9,12)(H3,8,10,11)/t6-/m1/s1. The Morgan fingerprint density at radius 3 is 3.17 bits per heavy atom. The number of carbonyl (C=O) groups is 1. The molecule has 5 nitrogen and oxygen atoms in total. The van der Waals surface area contributed by atoms with E-state index in [1.54, 1.807) is 0 Å². The summed E-state index contributed by atoms with van der Waals surface area (Å²) in [7, 11) is 0. The number of rotatable bonds is 3. The summed E-state index contributed by atoms with van der Waals surface area (Å²) in [4.78, 5) is 14.5. The van der Waals surface area contributed by atoms with Crippen molar-refractivity contribution in [1.82, 2.24) is 10.6 Å². The minimum atomic E-state index is 0.00175. The second kappa shape index (κ2) is 3.94. The van der Waals surface area contributed by atoms with Crippen LogP contribution in [0.15, 0.2) is 4.99 Å². The highest BCUT2D eigenvalue weighted by Gasteiger charge is 2.13.